The molecule has 1 heterocycles. The van der Waals surface area contributed by atoms with E-state index in [-0.39, 0.29) is 5.75 Å². The van der Waals surface area contributed by atoms with Crippen LogP contribution in [0.5, 0.6) is 5.75 Å². The number of anilines is 1. The lowest BCUT2D eigenvalue weighted by Crippen LogP contribution is -2.15. The van der Waals surface area contributed by atoms with Crippen LogP contribution in [0, 0.1) is 13.8 Å². The molecule has 6 nitrogen and oxygen atoms in total. The van der Waals surface area contributed by atoms with Crippen molar-refractivity contribution in [2.75, 3.05) is 17.6 Å². The number of nitrogens with zero attached hydrogens (tertiary/aromatic N) is 2. The van der Waals surface area contributed by atoms with Crippen LogP contribution in [0.25, 0.3) is 0 Å². The normalized spacial score (nSPS) is 11.5. The second kappa shape index (κ2) is 6.39. The molecule has 0 spiro atoms. The lowest BCUT2D eigenvalue weighted by atomic mass is 10.2. The van der Waals surface area contributed by atoms with E-state index >= 15 is 0 Å². The fraction of sp³-hybridized carbons (Fsp3) is 0.400. The van der Waals surface area contributed by atoms with Crippen molar-refractivity contribution in [1.29, 1.82) is 0 Å². The zero-order valence-electron chi connectivity index (χ0n) is 13.3. The van der Waals surface area contributed by atoms with Gasteiger partial charge in [-0.25, -0.2) is 8.42 Å². The second-order valence-electron chi connectivity index (χ2n) is 5.06. The number of hydrogen-bond donors (Lipinski definition) is 1. The second-order valence-corrected chi connectivity index (χ2v) is 7.07. The number of rotatable bonds is 6. The summed E-state index contributed by atoms with van der Waals surface area (Å²) in [5.74, 6) is 0.818. The summed E-state index contributed by atoms with van der Waals surface area (Å²) >= 11 is 0. The molecule has 0 aliphatic rings. The number of hydrogen-bond acceptors (Lipinski definition) is 4. The molecule has 1 aromatic carbocycles. The molecular formula is C15H21N3O3S. The van der Waals surface area contributed by atoms with E-state index in [1.165, 1.54) is 0 Å². The minimum absolute atomic E-state index is 0.0347. The van der Waals surface area contributed by atoms with Crippen LogP contribution in [0.4, 0.5) is 5.69 Å². The zero-order valence-corrected chi connectivity index (χ0v) is 14.1. The molecule has 1 N–H and O–H groups in total. The Hall–Kier alpha value is -2.02. The van der Waals surface area contributed by atoms with Crippen molar-refractivity contribution < 1.29 is 13.2 Å². The van der Waals surface area contributed by atoms with Crippen LogP contribution in [0.2, 0.25) is 0 Å². The molecule has 1 aromatic heterocycles. The molecule has 0 radical (unpaired) electrons. The molecule has 0 atom stereocenters. The van der Waals surface area contributed by atoms with Crippen LogP contribution < -0.4 is 9.46 Å². The van der Waals surface area contributed by atoms with Gasteiger partial charge in [-0.15, -0.1) is 0 Å². The molecule has 0 amide bonds. The SMILES string of the molecule is CCS(=O)(=O)Nc1c(C)nn(Cc2cccc(OC)c2)c1C. The molecule has 120 valence electrons. The molecule has 0 unspecified atom stereocenters. The van der Waals surface area contributed by atoms with Crippen LogP contribution in [0.15, 0.2) is 24.3 Å². The van der Waals surface area contributed by atoms with Crippen LogP contribution in [0.1, 0.15) is 23.9 Å². The molecule has 2 rings (SSSR count). The highest BCUT2D eigenvalue weighted by Crippen LogP contribution is 2.22. The average molecular weight is 323 g/mol. The van der Waals surface area contributed by atoms with Gasteiger partial charge >= 0.3 is 0 Å². The van der Waals surface area contributed by atoms with E-state index in [1.54, 1.807) is 25.6 Å². The first-order chi connectivity index (χ1) is 10.4. The third kappa shape index (κ3) is 3.59. The van der Waals surface area contributed by atoms with Gasteiger partial charge < -0.3 is 4.74 Å². The molecule has 0 fully saturated rings. The molecular weight excluding hydrogens is 302 g/mol. The highest BCUT2D eigenvalue weighted by atomic mass is 32.2. The average Bonchev–Trinajstić information content (AvgIpc) is 2.75. The molecule has 0 aliphatic carbocycles. The molecule has 0 saturated heterocycles. The Morgan fingerprint density at radius 3 is 2.68 bits per heavy atom. The number of sulfonamides is 1. The highest BCUT2D eigenvalue weighted by Gasteiger charge is 2.16. The maximum absolute atomic E-state index is 11.8. The van der Waals surface area contributed by atoms with Gasteiger partial charge in [0.15, 0.2) is 0 Å². The van der Waals surface area contributed by atoms with Crippen LogP contribution in [0.3, 0.4) is 0 Å². The first-order valence-electron chi connectivity index (χ1n) is 7.03. The topological polar surface area (TPSA) is 73.2 Å². The predicted molar refractivity (Wildman–Crippen MR) is 86.9 cm³/mol. The van der Waals surface area contributed by atoms with Crippen molar-refractivity contribution in [2.45, 2.75) is 27.3 Å². The number of ether oxygens (including phenoxy) is 1. The van der Waals surface area contributed by atoms with E-state index in [1.807, 2.05) is 31.2 Å². The van der Waals surface area contributed by atoms with E-state index < -0.39 is 10.0 Å². The Bertz CT molecular complexity index is 766. The molecule has 2 aromatic rings. The summed E-state index contributed by atoms with van der Waals surface area (Å²) in [5, 5.41) is 4.43. The summed E-state index contributed by atoms with van der Waals surface area (Å²) in [7, 11) is -1.69. The van der Waals surface area contributed by atoms with Gasteiger partial charge in [0.1, 0.15) is 5.75 Å². The predicted octanol–water partition coefficient (Wildman–Crippen LogP) is 2.32. The number of nitrogens with one attached hydrogen (secondary N) is 1. The van der Waals surface area contributed by atoms with Crippen molar-refractivity contribution in [3.63, 3.8) is 0 Å². The van der Waals surface area contributed by atoms with E-state index in [0.29, 0.717) is 17.9 Å². The Morgan fingerprint density at radius 1 is 1.32 bits per heavy atom. The Morgan fingerprint density at radius 2 is 2.05 bits per heavy atom. The highest BCUT2D eigenvalue weighted by molar-refractivity contribution is 7.92. The molecule has 22 heavy (non-hydrogen) atoms. The van der Waals surface area contributed by atoms with E-state index in [0.717, 1.165) is 17.0 Å². The number of aromatic nitrogens is 2. The van der Waals surface area contributed by atoms with Crippen molar-refractivity contribution in [2.24, 2.45) is 0 Å². The van der Waals surface area contributed by atoms with Gasteiger partial charge in [-0.3, -0.25) is 9.40 Å². The number of methoxy groups -OCH3 is 1. The molecule has 0 bridgehead atoms. The number of aryl methyl sites for hydroxylation is 1. The molecule has 7 heteroatoms. The van der Waals surface area contributed by atoms with Gasteiger partial charge in [-0.1, -0.05) is 12.1 Å². The van der Waals surface area contributed by atoms with Crippen molar-refractivity contribution in [1.82, 2.24) is 9.78 Å². The maximum Gasteiger partial charge on any atom is 0.232 e. The minimum Gasteiger partial charge on any atom is -0.497 e. The summed E-state index contributed by atoms with van der Waals surface area (Å²) in [4.78, 5) is 0. The third-order valence-corrected chi connectivity index (χ3v) is 4.76. The largest absolute Gasteiger partial charge is 0.497 e. The summed E-state index contributed by atoms with van der Waals surface area (Å²) in [6.45, 7) is 5.81. The van der Waals surface area contributed by atoms with Gasteiger partial charge in [0, 0.05) is 0 Å². The Kier molecular flexibility index (Phi) is 4.75. The zero-order chi connectivity index (χ0) is 16.3. The monoisotopic (exact) mass is 323 g/mol. The van der Waals surface area contributed by atoms with Gasteiger partial charge in [0.05, 0.1) is 36.5 Å². The number of benzene rings is 1. The van der Waals surface area contributed by atoms with Crippen molar-refractivity contribution in [3.05, 3.63) is 41.2 Å². The van der Waals surface area contributed by atoms with Crippen LogP contribution in [-0.4, -0.2) is 31.1 Å². The fourth-order valence-electron chi connectivity index (χ4n) is 2.17. The minimum atomic E-state index is -3.31. The van der Waals surface area contributed by atoms with Crippen molar-refractivity contribution >= 4 is 15.7 Å². The first-order valence-corrected chi connectivity index (χ1v) is 8.69. The quantitative estimate of drug-likeness (QED) is 0.885. The Balaban J connectivity index is 2.30. The summed E-state index contributed by atoms with van der Waals surface area (Å²) in [5.41, 5.74) is 3.05. The summed E-state index contributed by atoms with van der Waals surface area (Å²) in [6, 6.07) is 7.72. The third-order valence-electron chi connectivity index (χ3n) is 3.49. The maximum atomic E-state index is 11.8. The van der Waals surface area contributed by atoms with Crippen molar-refractivity contribution in [3.8, 4) is 5.75 Å². The van der Waals surface area contributed by atoms with Crippen LogP contribution >= 0.6 is 0 Å². The first kappa shape index (κ1) is 16.4. The van der Waals surface area contributed by atoms with Gasteiger partial charge in [-0.2, -0.15) is 5.10 Å². The van der Waals surface area contributed by atoms with E-state index in [9.17, 15) is 8.42 Å². The van der Waals surface area contributed by atoms with Gasteiger partial charge in [0.25, 0.3) is 0 Å². The van der Waals surface area contributed by atoms with E-state index in [2.05, 4.69) is 9.82 Å². The van der Waals surface area contributed by atoms with Gasteiger partial charge in [-0.05, 0) is 38.5 Å². The summed E-state index contributed by atoms with van der Waals surface area (Å²) < 4.78 is 33.1. The van der Waals surface area contributed by atoms with Gasteiger partial charge in [0.2, 0.25) is 10.0 Å². The smallest absolute Gasteiger partial charge is 0.232 e. The van der Waals surface area contributed by atoms with E-state index in [4.69, 9.17) is 4.74 Å². The summed E-state index contributed by atoms with van der Waals surface area (Å²) in [6.07, 6.45) is 0. The lowest BCUT2D eigenvalue weighted by Gasteiger charge is -2.08. The fourth-order valence-corrected chi connectivity index (χ4v) is 2.92. The standard InChI is InChI=1S/C15H21N3O3S/c1-5-22(19,20)17-15-11(2)16-18(12(15)3)10-13-7-6-8-14(9-13)21-4/h6-9,17H,5,10H2,1-4H3. The van der Waals surface area contributed by atoms with Crippen LogP contribution in [-0.2, 0) is 16.6 Å². The molecule has 0 saturated carbocycles. The molecule has 0 aliphatic heterocycles. The Labute approximate surface area is 131 Å². The lowest BCUT2D eigenvalue weighted by molar-refractivity contribution is 0.414.